The fourth-order valence-electron chi connectivity index (χ4n) is 3.20. The van der Waals surface area contributed by atoms with E-state index < -0.39 is 0 Å². The first kappa shape index (κ1) is 16.6. The summed E-state index contributed by atoms with van der Waals surface area (Å²) in [6.07, 6.45) is 0.962. The third-order valence-electron chi connectivity index (χ3n) is 4.62. The van der Waals surface area contributed by atoms with E-state index in [9.17, 15) is 0 Å². The average Bonchev–Trinajstić information content (AvgIpc) is 2.72. The lowest BCUT2D eigenvalue weighted by atomic mass is 10.0. The van der Waals surface area contributed by atoms with Gasteiger partial charge < -0.3 is 14.8 Å². The minimum atomic E-state index is 0.535. The molecule has 1 N–H and O–H groups in total. The Hall–Kier alpha value is -2.85. The number of nitrogens with zero attached hydrogens (tertiary/aromatic N) is 1. The molecule has 3 aromatic rings. The first-order valence-electron chi connectivity index (χ1n) is 8.88. The maximum Gasteiger partial charge on any atom is 0.131 e. The zero-order valence-corrected chi connectivity index (χ0v) is 14.9. The second-order valence-electron chi connectivity index (χ2n) is 6.37. The van der Waals surface area contributed by atoms with Crippen LogP contribution in [0.3, 0.4) is 0 Å². The van der Waals surface area contributed by atoms with E-state index in [1.165, 1.54) is 11.3 Å². The number of ether oxygens (including phenoxy) is 2. The molecule has 0 saturated heterocycles. The molecular weight excluding hydrogens is 324 g/mol. The SMILES string of the molecule is COc1cc(OCc2ccccc2)ccc1-c1ccc2c(n1)CCNC2. The van der Waals surface area contributed by atoms with Crippen LogP contribution in [0.1, 0.15) is 16.8 Å². The Bertz CT molecular complexity index is 894. The summed E-state index contributed by atoms with van der Waals surface area (Å²) in [4.78, 5) is 4.85. The van der Waals surface area contributed by atoms with Gasteiger partial charge in [0, 0.05) is 36.8 Å². The van der Waals surface area contributed by atoms with Crippen LogP contribution in [0.5, 0.6) is 11.5 Å². The highest BCUT2D eigenvalue weighted by Crippen LogP contribution is 2.33. The van der Waals surface area contributed by atoms with Crippen molar-refractivity contribution < 1.29 is 9.47 Å². The molecule has 0 amide bonds. The van der Waals surface area contributed by atoms with Crippen molar-refractivity contribution >= 4 is 0 Å². The molecule has 2 heterocycles. The topological polar surface area (TPSA) is 43.4 Å². The third-order valence-corrected chi connectivity index (χ3v) is 4.62. The van der Waals surface area contributed by atoms with E-state index in [2.05, 4.69) is 29.6 Å². The normalized spacial score (nSPS) is 13.1. The summed E-state index contributed by atoms with van der Waals surface area (Å²) in [6, 6.07) is 20.3. The molecule has 1 aliphatic heterocycles. The van der Waals surface area contributed by atoms with E-state index in [4.69, 9.17) is 14.5 Å². The summed E-state index contributed by atoms with van der Waals surface area (Å²) in [5.41, 5.74) is 5.52. The molecule has 0 atom stereocenters. The summed E-state index contributed by atoms with van der Waals surface area (Å²) >= 11 is 0. The second kappa shape index (κ2) is 7.58. The van der Waals surface area contributed by atoms with E-state index in [0.29, 0.717) is 6.61 Å². The summed E-state index contributed by atoms with van der Waals surface area (Å²) < 4.78 is 11.5. The largest absolute Gasteiger partial charge is 0.496 e. The van der Waals surface area contributed by atoms with Crippen LogP contribution in [0, 0.1) is 0 Å². The minimum absolute atomic E-state index is 0.535. The molecule has 0 saturated carbocycles. The lowest BCUT2D eigenvalue weighted by molar-refractivity contribution is 0.304. The molecule has 0 aliphatic carbocycles. The smallest absolute Gasteiger partial charge is 0.131 e. The Morgan fingerprint density at radius 3 is 2.77 bits per heavy atom. The molecule has 1 aromatic heterocycles. The highest BCUT2D eigenvalue weighted by atomic mass is 16.5. The summed E-state index contributed by atoms with van der Waals surface area (Å²) in [5, 5.41) is 3.38. The summed E-state index contributed by atoms with van der Waals surface area (Å²) in [7, 11) is 1.68. The Kier molecular flexibility index (Phi) is 4.84. The Balaban J connectivity index is 1.57. The van der Waals surface area contributed by atoms with E-state index in [1.54, 1.807) is 7.11 Å². The maximum absolute atomic E-state index is 5.91. The van der Waals surface area contributed by atoms with Crippen molar-refractivity contribution in [2.45, 2.75) is 19.6 Å². The van der Waals surface area contributed by atoms with Crippen molar-refractivity contribution in [1.29, 1.82) is 0 Å². The first-order valence-corrected chi connectivity index (χ1v) is 8.88. The minimum Gasteiger partial charge on any atom is -0.496 e. The molecule has 2 aromatic carbocycles. The number of hydrogen-bond donors (Lipinski definition) is 1. The van der Waals surface area contributed by atoms with Gasteiger partial charge in [-0.1, -0.05) is 36.4 Å². The predicted octanol–water partition coefficient (Wildman–Crippen LogP) is 3.98. The third kappa shape index (κ3) is 3.55. The number of benzene rings is 2. The lowest BCUT2D eigenvalue weighted by Crippen LogP contribution is -2.24. The second-order valence-corrected chi connectivity index (χ2v) is 6.37. The Morgan fingerprint density at radius 1 is 1.04 bits per heavy atom. The molecule has 0 radical (unpaired) electrons. The summed E-state index contributed by atoms with van der Waals surface area (Å²) in [6.45, 7) is 2.41. The number of hydrogen-bond acceptors (Lipinski definition) is 4. The number of nitrogens with one attached hydrogen (secondary N) is 1. The molecule has 0 spiro atoms. The molecule has 0 fully saturated rings. The van der Waals surface area contributed by atoms with Crippen molar-refractivity contribution in [3.63, 3.8) is 0 Å². The van der Waals surface area contributed by atoms with Crippen LogP contribution in [-0.2, 0) is 19.6 Å². The van der Waals surface area contributed by atoms with E-state index in [1.807, 2.05) is 36.4 Å². The quantitative estimate of drug-likeness (QED) is 0.759. The van der Waals surface area contributed by atoms with Crippen LogP contribution in [0.15, 0.2) is 60.7 Å². The lowest BCUT2D eigenvalue weighted by Gasteiger charge is -2.18. The van der Waals surface area contributed by atoms with Crippen molar-refractivity contribution in [2.24, 2.45) is 0 Å². The van der Waals surface area contributed by atoms with Gasteiger partial charge in [0.2, 0.25) is 0 Å². The van der Waals surface area contributed by atoms with E-state index in [-0.39, 0.29) is 0 Å². The summed E-state index contributed by atoms with van der Waals surface area (Å²) in [5.74, 6) is 1.56. The predicted molar refractivity (Wildman–Crippen MR) is 102 cm³/mol. The number of fused-ring (bicyclic) bond motifs is 1. The van der Waals surface area contributed by atoms with Crippen molar-refractivity contribution in [2.75, 3.05) is 13.7 Å². The van der Waals surface area contributed by atoms with Crippen LogP contribution >= 0.6 is 0 Å². The van der Waals surface area contributed by atoms with Crippen LogP contribution in [-0.4, -0.2) is 18.6 Å². The molecule has 0 bridgehead atoms. The molecule has 4 heteroatoms. The Labute approximate surface area is 153 Å². The van der Waals surface area contributed by atoms with Crippen molar-refractivity contribution in [3.8, 4) is 22.8 Å². The van der Waals surface area contributed by atoms with Gasteiger partial charge in [-0.05, 0) is 29.3 Å². The Morgan fingerprint density at radius 2 is 1.92 bits per heavy atom. The van der Waals surface area contributed by atoms with E-state index in [0.717, 1.165) is 47.8 Å². The van der Waals surface area contributed by atoms with Crippen LogP contribution in [0.2, 0.25) is 0 Å². The monoisotopic (exact) mass is 346 g/mol. The van der Waals surface area contributed by atoms with Gasteiger partial charge in [-0.2, -0.15) is 0 Å². The molecule has 26 heavy (non-hydrogen) atoms. The van der Waals surface area contributed by atoms with Crippen LogP contribution in [0.4, 0.5) is 0 Å². The van der Waals surface area contributed by atoms with Crippen molar-refractivity contribution in [1.82, 2.24) is 10.3 Å². The van der Waals surface area contributed by atoms with Crippen LogP contribution in [0.25, 0.3) is 11.3 Å². The van der Waals surface area contributed by atoms with Gasteiger partial charge in [-0.15, -0.1) is 0 Å². The van der Waals surface area contributed by atoms with Gasteiger partial charge in [-0.3, -0.25) is 4.98 Å². The van der Waals surface area contributed by atoms with Gasteiger partial charge in [0.05, 0.1) is 12.8 Å². The van der Waals surface area contributed by atoms with Gasteiger partial charge in [0.25, 0.3) is 0 Å². The van der Waals surface area contributed by atoms with Gasteiger partial charge in [0.1, 0.15) is 18.1 Å². The average molecular weight is 346 g/mol. The molecule has 132 valence electrons. The number of aromatic nitrogens is 1. The standard InChI is InChI=1S/C22H22N2O2/c1-25-22-13-18(26-15-16-5-3-2-4-6-16)8-9-19(22)21-10-7-17-14-23-12-11-20(17)24-21/h2-10,13,23H,11-12,14-15H2,1H3. The van der Waals surface area contributed by atoms with Gasteiger partial charge in [-0.25, -0.2) is 0 Å². The molecule has 0 unspecified atom stereocenters. The zero-order valence-electron chi connectivity index (χ0n) is 14.9. The number of pyridine rings is 1. The zero-order chi connectivity index (χ0) is 17.8. The highest BCUT2D eigenvalue weighted by molar-refractivity contribution is 5.69. The maximum atomic E-state index is 5.91. The molecule has 1 aliphatic rings. The molecular formula is C22H22N2O2. The molecule has 4 rings (SSSR count). The number of methoxy groups -OCH3 is 1. The van der Waals surface area contributed by atoms with Gasteiger partial charge >= 0.3 is 0 Å². The van der Waals surface area contributed by atoms with E-state index >= 15 is 0 Å². The van der Waals surface area contributed by atoms with Gasteiger partial charge in [0.15, 0.2) is 0 Å². The fourth-order valence-corrected chi connectivity index (χ4v) is 3.20. The van der Waals surface area contributed by atoms with Crippen molar-refractivity contribution in [3.05, 3.63) is 77.5 Å². The van der Waals surface area contributed by atoms with Crippen LogP contribution < -0.4 is 14.8 Å². The first-order chi connectivity index (χ1) is 12.8. The molecule has 4 nitrogen and oxygen atoms in total. The number of rotatable bonds is 5. The highest BCUT2D eigenvalue weighted by Gasteiger charge is 2.14. The fraction of sp³-hybridized carbons (Fsp3) is 0.227.